The van der Waals surface area contributed by atoms with Crippen LogP contribution in [0.4, 0.5) is 5.69 Å². The van der Waals surface area contributed by atoms with Crippen LogP contribution in [0.15, 0.2) is 18.2 Å². The minimum absolute atomic E-state index is 0.0492. The second-order valence-corrected chi connectivity index (χ2v) is 6.36. The Balaban J connectivity index is 1.88. The van der Waals surface area contributed by atoms with Crippen LogP contribution in [-0.2, 0) is 9.59 Å². The molecule has 0 aliphatic carbocycles. The zero-order valence-electron chi connectivity index (χ0n) is 12.6. The summed E-state index contributed by atoms with van der Waals surface area (Å²) < 4.78 is 0. The number of halogens is 2. The summed E-state index contributed by atoms with van der Waals surface area (Å²) in [5.74, 6) is 0.0475. The molecule has 0 radical (unpaired) electrons. The van der Waals surface area contributed by atoms with Gasteiger partial charge in [0.25, 0.3) is 0 Å². The first-order valence-corrected chi connectivity index (χ1v) is 8.30. The van der Waals surface area contributed by atoms with E-state index in [0.29, 0.717) is 48.1 Å². The molecule has 22 heavy (non-hydrogen) atoms. The van der Waals surface area contributed by atoms with E-state index in [4.69, 9.17) is 23.2 Å². The van der Waals surface area contributed by atoms with Crippen molar-refractivity contribution in [2.45, 2.75) is 32.6 Å². The predicted octanol–water partition coefficient (Wildman–Crippen LogP) is 3.97. The van der Waals surface area contributed by atoms with E-state index in [1.165, 1.54) is 0 Å². The molecule has 1 saturated heterocycles. The van der Waals surface area contributed by atoms with Gasteiger partial charge in [-0.05, 0) is 37.5 Å². The molecule has 0 unspecified atom stereocenters. The molecule has 1 N–H and O–H groups in total. The number of carbonyl (C=O) groups excluding carboxylic acids is 2. The van der Waals surface area contributed by atoms with Gasteiger partial charge in [0.05, 0.1) is 10.7 Å². The van der Waals surface area contributed by atoms with E-state index in [1.54, 1.807) is 18.2 Å². The molecular weight excluding hydrogens is 323 g/mol. The van der Waals surface area contributed by atoms with E-state index in [1.807, 2.05) is 11.8 Å². The number of rotatable bonds is 4. The number of piperidine rings is 1. The number of hydrogen-bond acceptors (Lipinski definition) is 2. The van der Waals surface area contributed by atoms with Gasteiger partial charge in [0.2, 0.25) is 11.8 Å². The number of likely N-dealkylation sites (tertiary alicyclic amines) is 1. The Labute approximate surface area is 140 Å². The number of amides is 2. The number of carbonyl (C=O) groups is 2. The third kappa shape index (κ3) is 4.37. The van der Waals surface area contributed by atoms with Crippen LogP contribution in [0, 0.1) is 5.92 Å². The number of nitrogens with zero attached hydrogens (tertiary/aromatic N) is 1. The van der Waals surface area contributed by atoms with E-state index >= 15 is 0 Å². The first-order chi connectivity index (χ1) is 10.5. The molecular formula is C16H20Cl2N2O2. The zero-order chi connectivity index (χ0) is 16.1. The van der Waals surface area contributed by atoms with Gasteiger partial charge in [-0.15, -0.1) is 0 Å². The van der Waals surface area contributed by atoms with Gasteiger partial charge in [-0.1, -0.05) is 30.1 Å². The van der Waals surface area contributed by atoms with E-state index in [2.05, 4.69) is 5.32 Å². The van der Waals surface area contributed by atoms with Crippen LogP contribution >= 0.6 is 23.2 Å². The topological polar surface area (TPSA) is 49.4 Å². The minimum Gasteiger partial charge on any atom is -0.343 e. The van der Waals surface area contributed by atoms with Crippen molar-refractivity contribution < 1.29 is 9.59 Å². The maximum absolute atomic E-state index is 12.3. The zero-order valence-corrected chi connectivity index (χ0v) is 14.1. The number of hydrogen-bond donors (Lipinski definition) is 1. The van der Waals surface area contributed by atoms with Gasteiger partial charge < -0.3 is 10.2 Å². The molecule has 0 aromatic heterocycles. The normalized spacial score (nSPS) is 15.7. The summed E-state index contributed by atoms with van der Waals surface area (Å²) in [5.41, 5.74) is 0.570. The third-order valence-electron chi connectivity index (χ3n) is 3.87. The van der Waals surface area contributed by atoms with Crippen molar-refractivity contribution >= 4 is 40.7 Å². The summed E-state index contributed by atoms with van der Waals surface area (Å²) in [6, 6.07) is 4.99. The lowest BCUT2D eigenvalue weighted by Gasteiger charge is -2.31. The molecule has 2 rings (SSSR count). The van der Waals surface area contributed by atoms with Gasteiger partial charge in [0.15, 0.2) is 0 Å². The molecule has 4 nitrogen and oxygen atoms in total. The van der Waals surface area contributed by atoms with Gasteiger partial charge in [0.1, 0.15) is 0 Å². The highest BCUT2D eigenvalue weighted by molar-refractivity contribution is 6.36. The van der Waals surface area contributed by atoms with Crippen LogP contribution in [0.5, 0.6) is 0 Å². The number of nitrogens with one attached hydrogen (secondary N) is 1. The molecule has 1 aromatic carbocycles. The Hall–Kier alpha value is -1.26. The van der Waals surface area contributed by atoms with Gasteiger partial charge in [-0.2, -0.15) is 0 Å². The molecule has 0 saturated carbocycles. The Morgan fingerprint density at radius 1 is 1.27 bits per heavy atom. The summed E-state index contributed by atoms with van der Waals surface area (Å²) in [6.07, 6.45) is 2.81. The van der Waals surface area contributed by atoms with Gasteiger partial charge in [-0.25, -0.2) is 0 Å². The molecule has 1 aromatic rings. The van der Waals surface area contributed by atoms with Gasteiger partial charge in [0, 0.05) is 30.5 Å². The van der Waals surface area contributed by atoms with Crippen molar-refractivity contribution in [3.63, 3.8) is 0 Å². The lowest BCUT2D eigenvalue weighted by Crippen LogP contribution is -2.41. The SMILES string of the molecule is CCCC(=O)N1CCC(C(=O)Nc2ccc(Cl)cc2Cl)CC1. The first-order valence-electron chi connectivity index (χ1n) is 7.55. The molecule has 0 atom stereocenters. The molecule has 1 heterocycles. The first kappa shape index (κ1) is 17.1. The molecule has 2 amide bonds. The van der Waals surface area contributed by atoms with Crippen LogP contribution < -0.4 is 5.32 Å². The molecule has 6 heteroatoms. The lowest BCUT2D eigenvalue weighted by atomic mass is 9.95. The van der Waals surface area contributed by atoms with E-state index in [0.717, 1.165) is 6.42 Å². The van der Waals surface area contributed by atoms with Crippen molar-refractivity contribution in [1.82, 2.24) is 4.90 Å². The molecule has 1 aliphatic rings. The minimum atomic E-state index is -0.0857. The van der Waals surface area contributed by atoms with Crippen LogP contribution in [0.2, 0.25) is 10.0 Å². The second kappa shape index (κ2) is 7.84. The Bertz CT molecular complexity index is 555. The molecule has 1 aliphatic heterocycles. The van der Waals surface area contributed by atoms with E-state index < -0.39 is 0 Å². The van der Waals surface area contributed by atoms with Crippen LogP contribution in [0.3, 0.4) is 0 Å². The van der Waals surface area contributed by atoms with Crippen molar-refractivity contribution in [2.24, 2.45) is 5.92 Å². The summed E-state index contributed by atoms with van der Waals surface area (Å²) in [4.78, 5) is 26.0. The highest BCUT2D eigenvalue weighted by Gasteiger charge is 2.27. The largest absolute Gasteiger partial charge is 0.343 e. The Morgan fingerprint density at radius 3 is 2.55 bits per heavy atom. The van der Waals surface area contributed by atoms with Crippen LogP contribution in [-0.4, -0.2) is 29.8 Å². The standard InChI is InChI=1S/C16H20Cl2N2O2/c1-2-3-15(21)20-8-6-11(7-9-20)16(22)19-14-5-4-12(17)10-13(14)18/h4-5,10-11H,2-3,6-9H2,1H3,(H,19,22). The fourth-order valence-corrected chi connectivity index (χ4v) is 3.04. The molecule has 0 spiro atoms. The fourth-order valence-electron chi connectivity index (χ4n) is 2.59. The predicted molar refractivity (Wildman–Crippen MR) is 89.3 cm³/mol. The smallest absolute Gasteiger partial charge is 0.227 e. The summed E-state index contributed by atoms with van der Waals surface area (Å²) in [6.45, 7) is 3.28. The highest BCUT2D eigenvalue weighted by Crippen LogP contribution is 2.27. The lowest BCUT2D eigenvalue weighted by molar-refractivity contribution is -0.134. The van der Waals surface area contributed by atoms with Gasteiger partial charge in [-0.3, -0.25) is 9.59 Å². The highest BCUT2D eigenvalue weighted by atomic mass is 35.5. The fraction of sp³-hybridized carbons (Fsp3) is 0.500. The third-order valence-corrected chi connectivity index (χ3v) is 4.42. The summed E-state index contributed by atoms with van der Waals surface area (Å²) in [5, 5.41) is 3.80. The van der Waals surface area contributed by atoms with E-state index in [9.17, 15) is 9.59 Å². The average molecular weight is 343 g/mol. The molecule has 1 fully saturated rings. The van der Waals surface area contributed by atoms with Crippen molar-refractivity contribution in [1.29, 1.82) is 0 Å². The van der Waals surface area contributed by atoms with E-state index in [-0.39, 0.29) is 17.7 Å². The average Bonchev–Trinajstić information content (AvgIpc) is 2.50. The maximum Gasteiger partial charge on any atom is 0.227 e. The number of anilines is 1. The van der Waals surface area contributed by atoms with Crippen molar-refractivity contribution in [3.8, 4) is 0 Å². The van der Waals surface area contributed by atoms with Crippen molar-refractivity contribution in [3.05, 3.63) is 28.2 Å². The van der Waals surface area contributed by atoms with Gasteiger partial charge >= 0.3 is 0 Å². The molecule has 0 bridgehead atoms. The summed E-state index contributed by atoms with van der Waals surface area (Å²) in [7, 11) is 0. The van der Waals surface area contributed by atoms with Crippen molar-refractivity contribution in [2.75, 3.05) is 18.4 Å². The van der Waals surface area contributed by atoms with Crippen LogP contribution in [0.1, 0.15) is 32.6 Å². The van der Waals surface area contributed by atoms with Crippen LogP contribution in [0.25, 0.3) is 0 Å². The Morgan fingerprint density at radius 2 is 1.95 bits per heavy atom. The quantitative estimate of drug-likeness (QED) is 0.899. The maximum atomic E-state index is 12.3. The summed E-state index contributed by atoms with van der Waals surface area (Å²) >= 11 is 11.9. The monoisotopic (exact) mass is 342 g/mol. The Kier molecular flexibility index (Phi) is 6.09. The number of benzene rings is 1. The second-order valence-electron chi connectivity index (χ2n) is 5.52. The molecule has 120 valence electrons.